The Balaban J connectivity index is 1.97. The highest BCUT2D eigenvalue weighted by atomic mass is 16.5. The van der Waals surface area contributed by atoms with Crippen molar-refractivity contribution in [3.05, 3.63) is 103 Å². The summed E-state index contributed by atoms with van der Waals surface area (Å²) in [6.45, 7) is 8.35. The zero-order valence-corrected chi connectivity index (χ0v) is 16.3. The van der Waals surface area contributed by atoms with Crippen molar-refractivity contribution in [1.29, 1.82) is 0 Å². The average Bonchev–Trinajstić information content (AvgIpc) is 3.29. The monoisotopic (exact) mass is 382 g/mol. The Kier molecular flexibility index (Phi) is 4.92. The molecule has 144 valence electrons. The molecule has 0 aliphatic rings. The molecule has 4 nitrogen and oxygen atoms in total. The molecule has 0 saturated heterocycles. The third kappa shape index (κ3) is 3.29. The number of aromatic nitrogens is 2. The van der Waals surface area contributed by atoms with E-state index in [9.17, 15) is 4.79 Å². The molecule has 2 aromatic heterocycles. The van der Waals surface area contributed by atoms with E-state index < -0.39 is 0 Å². The van der Waals surface area contributed by atoms with Gasteiger partial charge in [0.25, 0.3) is 0 Å². The van der Waals surface area contributed by atoms with Crippen molar-refractivity contribution < 1.29 is 9.53 Å². The maximum Gasteiger partial charge on any atom is 0.337 e. The smallest absolute Gasteiger partial charge is 0.337 e. The molecular formula is C25H22N2O2. The van der Waals surface area contributed by atoms with Crippen LogP contribution in [-0.4, -0.2) is 22.2 Å². The maximum absolute atomic E-state index is 12.1. The van der Waals surface area contributed by atoms with Crippen molar-refractivity contribution >= 4 is 27.8 Å². The Morgan fingerprint density at radius 3 is 2.52 bits per heavy atom. The molecule has 0 bridgehead atoms. The Morgan fingerprint density at radius 2 is 1.83 bits per heavy atom. The largest absolute Gasteiger partial charge is 0.465 e. The lowest BCUT2D eigenvalue weighted by Gasteiger charge is -2.08. The number of hydrogen-bond acceptors (Lipinski definition) is 2. The van der Waals surface area contributed by atoms with Crippen molar-refractivity contribution in [1.82, 2.24) is 9.13 Å². The van der Waals surface area contributed by atoms with Gasteiger partial charge in [0.05, 0.1) is 23.7 Å². The number of rotatable bonds is 6. The zero-order valence-electron chi connectivity index (χ0n) is 16.3. The molecule has 0 amide bonds. The lowest BCUT2D eigenvalue weighted by atomic mass is 10.1. The minimum Gasteiger partial charge on any atom is -0.465 e. The molecule has 2 aromatic carbocycles. The molecule has 29 heavy (non-hydrogen) atoms. The van der Waals surface area contributed by atoms with E-state index in [1.165, 1.54) is 7.11 Å². The van der Waals surface area contributed by atoms with Crippen LogP contribution in [-0.2, 0) is 11.3 Å². The summed E-state index contributed by atoms with van der Waals surface area (Å²) in [6.07, 6.45) is 9.79. The third-order valence-electron chi connectivity index (χ3n) is 5.02. The number of hydrogen-bond donors (Lipinski definition) is 0. The minimum atomic E-state index is -0.338. The van der Waals surface area contributed by atoms with Crippen LogP contribution in [0.5, 0.6) is 0 Å². The molecular weight excluding hydrogens is 360 g/mol. The maximum atomic E-state index is 12.1. The molecule has 4 aromatic rings. The van der Waals surface area contributed by atoms with Crippen LogP contribution in [0.15, 0.2) is 97.9 Å². The summed E-state index contributed by atoms with van der Waals surface area (Å²) < 4.78 is 9.25. The molecule has 4 rings (SSSR count). The van der Waals surface area contributed by atoms with Crippen LogP contribution in [0.1, 0.15) is 10.4 Å². The highest BCUT2D eigenvalue weighted by molar-refractivity contribution is 6.11. The second-order valence-corrected chi connectivity index (χ2v) is 6.81. The van der Waals surface area contributed by atoms with E-state index in [0.29, 0.717) is 12.1 Å². The number of fused-ring (bicyclic) bond motifs is 3. The molecule has 2 heterocycles. The molecule has 4 heteroatoms. The number of para-hydroxylation sites is 1. The summed E-state index contributed by atoms with van der Waals surface area (Å²) in [5.74, 6) is -0.338. The van der Waals surface area contributed by atoms with Crippen LogP contribution in [0.2, 0.25) is 0 Å². The van der Waals surface area contributed by atoms with Gasteiger partial charge < -0.3 is 13.9 Å². The van der Waals surface area contributed by atoms with Gasteiger partial charge in [-0.3, -0.25) is 0 Å². The minimum absolute atomic E-state index is 0.338. The van der Waals surface area contributed by atoms with E-state index >= 15 is 0 Å². The van der Waals surface area contributed by atoms with Crippen molar-refractivity contribution in [2.24, 2.45) is 0 Å². The summed E-state index contributed by atoms with van der Waals surface area (Å²) >= 11 is 0. The van der Waals surface area contributed by atoms with Gasteiger partial charge >= 0.3 is 5.97 Å². The Labute approximate surface area is 169 Å². The van der Waals surface area contributed by atoms with Gasteiger partial charge in [0.2, 0.25) is 0 Å². The topological polar surface area (TPSA) is 36.2 Å². The van der Waals surface area contributed by atoms with Crippen LogP contribution in [0.4, 0.5) is 0 Å². The fourth-order valence-corrected chi connectivity index (χ4v) is 3.70. The summed E-state index contributed by atoms with van der Waals surface area (Å²) in [7, 11) is 1.40. The SMILES string of the molecule is C=C/C=C(\C=C)Cn1cc2c3cc(C(=O)OC)ccc3n(-c3ccccc3)c2c1. The van der Waals surface area contributed by atoms with E-state index in [4.69, 9.17) is 4.74 Å². The fraction of sp³-hybridized carbons (Fsp3) is 0.0800. The molecule has 0 aliphatic heterocycles. The Morgan fingerprint density at radius 1 is 1.03 bits per heavy atom. The first-order chi connectivity index (χ1) is 14.2. The lowest BCUT2D eigenvalue weighted by molar-refractivity contribution is 0.0601. The first-order valence-electron chi connectivity index (χ1n) is 9.38. The molecule has 0 aliphatic carbocycles. The fourth-order valence-electron chi connectivity index (χ4n) is 3.70. The highest BCUT2D eigenvalue weighted by Gasteiger charge is 2.17. The van der Waals surface area contributed by atoms with Crippen molar-refractivity contribution in [2.75, 3.05) is 7.11 Å². The van der Waals surface area contributed by atoms with Crippen LogP contribution < -0.4 is 0 Å². The number of methoxy groups -OCH3 is 1. The molecule has 0 unspecified atom stereocenters. The predicted octanol–water partition coefficient (Wildman–Crippen LogP) is 5.67. The molecule has 0 N–H and O–H groups in total. The summed E-state index contributed by atoms with van der Waals surface area (Å²) in [5, 5.41) is 2.09. The van der Waals surface area contributed by atoms with Gasteiger partial charge in [0, 0.05) is 35.4 Å². The molecule has 0 spiro atoms. The first-order valence-corrected chi connectivity index (χ1v) is 9.38. The number of carbonyl (C=O) groups is 1. The highest BCUT2D eigenvalue weighted by Crippen LogP contribution is 2.33. The number of nitrogens with zero attached hydrogens (tertiary/aromatic N) is 2. The van der Waals surface area contributed by atoms with Crippen LogP contribution in [0.25, 0.3) is 27.5 Å². The van der Waals surface area contributed by atoms with E-state index in [-0.39, 0.29) is 5.97 Å². The van der Waals surface area contributed by atoms with E-state index in [2.05, 4.69) is 46.8 Å². The van der Waals surface area contributed by atoms with Crippen LogP contribution in [0, 0.1) is 0 Å². The van der Waals surface area contributed by atoms with Gasteiger partial charge in [-0.25, -0.2) is 4.79 Å². The quantitative estimate of drug-likeness (QED) is 0.318. The summed E-state index contributed by atoms with van der Waals surface area (Å²) in [6, 6.07) is 15.9. The number of esters is 1. The van der Waals surface area contributed by atoms with Gasteiger partial charge in [0.1, 0.15) is 0 Å². The van der Waals surface area contributed by atoms with Crippen LogP contribution in [0.3, 0.4) is 0 Å². The van der Waals surface area contributed by atoms with Crippen molar-refractivity contribution in [3.63, 3.8) is 0 Å². The molecule has 0 fully saturated rings. The number of carbonyl (C=O) groups excluding carboxylic acids is 1. The number of benzene rings is 2. The molecule has 0 atom stereocenters. The lowest BCUT2D eigenvalue weighted by Crippen LogP contribution is -2.01. The van der Waals surface area contributed by atoms with E-state index in [0.717, 1.165) is 33.1 Å². The second-order valence-electron chi connectivity index (χ2n) is 6.81. The number of allylic oxidation sites excluding steroid dienone is 4. The molecule has 0 saturated carbocycles. The van der Waals surface area contributed by atoms with Gasteiger partial charge in [0.15, 0.2) is 0 Å². The predicted molar refractivity (Wildman–Crippen MR) is 119 cm³/mol. The van der Waals surface area contributed by atoms with Crippen LogP contribution >= 0.6 is 0 Å². The third-order valence-corrected chi connectivity index (χ3v) is 5.02. The van der Waals surface area contributed by atoms with Gasteiger partial charge in [-0.2, -0.15) is 0 Å². The van der Waals surface area contributed by atoms with E-state index in [1.54, 1.807) is 6.08 Å². The van der Waals surface area contributed by atoms with E-state index in [1.807, 2.05) is 48.6 Å². The average molecular weight is 382 g/mol. The Bertz CT molecular complexity index is 1260. The second kappa shape index (κ2) is 7.68. The van der Waals surface area contributed by atoms with Crippen molar-refractivity contribution in [2.45, 2.75) is 6.54 Å². The van der Waals surface area contributed by atoms with Crippen molar-refractivity contribution in [3.8, 4) is 5.69 Å². The summed E-state index contributed by atoms with van der Waals surface area (Å²) in [4.78, 5) is 12.1. The summed E-state index contributed by atoms with van der Waals surface area (Å²) in [5.41, 5.74) is 4.81. The van der Waals surface area contributed by atoms with Gasteiger partial charge in [-0.1, -0.05) is 49.6 Å². The standard InChI is InChI=1S/C25H22N2O2/c1-4-9-18(5-2)15-26-16-22-21-14-19(25(28)29-3)12-13-23(21)27(24(22)17-26)20-10-7-6-8-11-20/h4-14,16-17H,1-2,15H2,3H3/b18-9+. The molecule has 0 radical (unpaired) electrons. The van der Waals surface area contributed by atoms with Gasteiger partial charge in [-0.15, -0.1) is 0 Å². The normalized spacial score (nSPS) is 11.7. The Hall–Kier alpha value is -3.79. The van der Waals surface area contributed by atoms with Gasteiger partial charge in [-0.05, 0) is 35.9 Å². The first kappa shape index (κ1) is 18.6. The number of ether oxygens (including phenoxy) is 1. The zero-order chi connectivity index (χ0) is 20.4.